The molecule has 8 aromatic carbocycles. The minimum atomic E-state index is -0.899. The van der Waals surface area contributed by atoms with Gasteiger partial charge >= 0.3 is 5.97 Å². The van der Waals surface area contributed by atoms with Crippen molar-refractivity contribution < 1.29 is 19.9 Å². The number of carboxylic acid groups (broad SMARTS) is 1. The average Bonchev–Trinajstić information content (AvgIpc) is 1.69. The second kappa shape index (κ2) is 47.9. The molecule has 0 saturated heterocycles. The van der Waals surface area contributed by atoms with Crippen molar-refractivity contribution in [1.29, 1.82) is 0 Å². The zero-order chi connectivity index (χ0) is 99.5. The van der Waals surface area contributed by atoms with Gasteiger partial charge in [-0.05, 0) is 300 Å². The predicted molar refractivity (Wildman–Crippen MR) is 592 cm³/mol. The van der Waals surface area contributed by atoms with Crippen LogP contribution in [-0.2, 0) is 0 Å². The number of aryl methyl sites for hydroxylation is 18. The number of aromatic hydroxyl groups is 1. The van der Waals surface area contributed by atoms with Gasteiger partial charge in [-0.3, -0.25) is 50.0 Å². The van der Waals surface area contributed by atoms with Gasteiger partial charge in [-0.25, -0.2) is 4.79 Å². The number of hydrogen-bond donors (Lipinski definition) is 9. The number of nitrogens with zero attached hydrogens (tertiary/aromatic N) is 9. The Bertz CT molecular complexity index is 7520. The van der Waals surface area contributed by atoms with E-state index in [2.05, 4.69) is 260 Å². The maximum atomic E-state index is 11.1. The number of carboxylic acids is 1. The second-order valence-electron chi connectivity index (χ2n) is 34.8. The third-order valence-corrected chi connectivity index (χ3v) is 28.0. The van der Waals surface area contributed by atoms with Crippen molar-refractivity contribution in [3.05, 3.63) is 314 Å². The second-order valence-corrected chi connectivity index (χ2v) is 40.4. The molecule has 25 heteroatoms. The molecule has 3 atom stereocenters. The van der Waals surface area contributed by atoms with Gasteiger partial charge < -0.3 is 42.9 Å². The van der Waals surface area contributed by atoms with Crippen LogP contribution in [0.25, 0.3) is 128 Å². The lowest BCUT2D eigenvalue weighted by atomic mass is 10.0. The Morgan fingerprint density at radius 2 is 0.766 bits per heavy atom. The maximum Gasteiger partial charge on any atom is 0.336 e. The minimum absolute atomic E-state index is 0.100. The molecule has 20 rings (SSSR count). The molecule has 10 N–H and O–H groups in total. The van der Waals surface area contributed by atoms with E-state index in [1.807, 2.05) is 172 Å². The number of hydrogen-bond acceptors (Lipinski definition) is 23. The van der Waals surface area contributed by atoms with Crippen molar-refractivity contribution in [2.24, 2.45) is 11.5 Å². The van der Waals surface area contributed by atoms with Gasteiger partial charge in [0.15, 0.2) is 0 Å². The zero-order valence-electron chi connectivity index (χ0n) is 83.0. The van der Waals surface area contributed by atoms with Crippen molar-refractivity contribution in [1.82, 2.24) is 50.5 Å². The molecular formula is C112H127N15O5S5. The topological polar surface area (TPSA) is 304 Å². The highest BCUT2D eigenvalue weighted by atomic mass is 32.1. The number of thiophene rings is 4. The standard InChI is InChI=1S/C17H21N3S.C16H19N3S.C14H13NS.C13H11NOS.C12H11NO2.2C12H13N.C10H8N2O2.C4H12N2.C2H6S/c1-10-5-6-13-14(7-10)19-9-15-16(13)17(12(3)21-15)20-8-11(2)18-4;1-9-4-5-12-13(6-9)18-8-14-15(12)16(11(3)20-14)19-7-10(2)17;1-8-4-5-11-12(6-8)15-7-13-14(11)9(2)10(3)16-13;1-7-3-4-9-10(14-7)5-6-11-12(9)13(15)8(2)16-11;1-7-3-6-10-9(11(7)12(14)15)5-4-8(2)13-10;2*1-8-4-7-12-11(10(8)3)6-5-9(2)13-12;1-7-2-3-8-6-9(12(13)14)4-5-10(8)11-7;1-4(3-5)6-2;1-2-3/h5-7,9,11,18,20H,8H2,1-4H3;4-6,8,10,19H,7,17H2,1-3H3;4-7H,1-3H3;3-6,15H,1-2H3;3-6H,1-2H3,(H,14,15);2*4-7H,1-3H3;2-6H,1H3;4,6H,3,5H2,1-2H3;3H,2H2,1H3. The smallest absolute Gasteiger partial charge is 0.336 e. The van der Waals surface area contributed by atoms with Crippen molar-refractivity contribution in [3.8, 4) is 5.75 Å². The molecule has 3 unspecified atom stereocenters. The molecule has 12 aromatic heterocycles. The third-order valence-electron chi connectivity index (χ3n) is 23.8. The summed E-state index contributed by atoms with van der Waals surface area (Å²) in [6.07, 6.45) is 5.98. The molecule has 0 fully saturated rings. The number of pyridine rings is 8. The summed E-state index contributed by atoms with van der Waals surface area (Å²) < 4.78 is 4.90. The van der Waals surface area contributed by atoms with E-state index < -0.39 is 10.9 Å². The summed E-state index contributed by atoms with van der Waals surface area (Å²) in [5, 5.41) is 56.7. The van der Waals surface area contributed by atoms with E-state index >= 15 is 0 Å². The lowest BCUT2D eigenvalue weighted by Crippen LogP contribution is -2.29. The normalized spacial score (nSPS) is 11.6. The lowest BCUT2D eigenvalue weighted by molar-refractivity contribution is -0.384. The number of nitrogens with two attached hydrogens (primary N) is 2. The summed E-state index contributed by atoms with van der Waals surface area (Å²) in [7, 11) is 3.89. The van der Waals surface area contributed by atoms with Crippen molar-refractivity contribution >= 4 is 209 Å². The minimum Gasteiger partial charge on any atom is -0.506 e. The highest BCUT2D eigenvalue weighted by Gasteiger charge is 2.19. The molecule has 0 amide bonds. The first-order valence-electron chi connectivity index (χ1n) is 45.8. The number of benzene rings is 8. The van der Waals surface area contributed by atoms with Crippen LogP contribution < -0.4 is 32.7 Å². The molecule has 0 aliphatic carbocycles. The fraction of sp³-hybridized carbons (Fsp3) is 0.277. The van der Waals surface area contributed by atoms with Crippen molar-refractivity contribution in [2.45, 2.75) is 170 Å². The number of nitrogens with one attached hydrogen (secondary N) is 4. The summed E-state index contributed by atoms with van der Waals surface area (Å²) in [5.41, 5.74) is 38.1. The fourth-order valence-corrected chi connectivity index (χ4v) is 19.6. The first-order chi connectivity index (χ1) is 65.3. The Hall–Kier alpha value is -12.7. The van der Waals surface area contributed by atoms with Gasteiger partial charge in [-0.2, -0.15) is 12.6 Å². The van der Waals surface area contributed by atoms with Crippen molar-refractivity contribution in [2.75, 3.05) is 50.1 Å². The van der Waals surface area contributed by atoms with Crippen LogP contribution in [-0.4, -0.2) is 119 Å². The van der Waals surface area contributed by atoms with Crippen LogP contribution in [0.3, 0.4) is 0 Å². The number of likely N-dealkylation sites (N-methyl/N-ethyl adjacent to an activating group) is 2. The summed E-state index contributed by atoms with van der Waals surface area (Å²) >= 11 is 10.8. The predicted octanol–water partition coefficient (Wildman–Crippen LogP) is 27.9. The molecule has 0 aliphatic heterocycles. The molecule has 137 heavy (non-hydrogen) atoms. The first-order valence-corrected chi connectivity index (χ1v) is 49.7. The number of aromatic carboxylic acids is 1. The highest BCUT2D eigenvalue weighted by molar-refractivity contribution is 7.80. The van der Waals surface area contributed by atoms with Crippen LogP contribution in [0.4, 0.5) is 17.1 Å². The van der Waals surface area contributed by atoms with Crippen LogP contribution in [0.15, 0.2) is 201 Å². The Morgan fingerprint density at radius 1 is 0.409 bits per heavy atom. The van der Waals surface area contributed by atoms with Gasteiger partial charge in [-0.15, -0.1) is 45.3 Å². The van der Waals surface area contributed by atoms with E-state index in [-0.39, 0.29) is 11.7 Å². The molecule has 710 valence electrons. The number of aromatic nitrogens is 8. The van der Waals surface area contributed by atoms with Gasteiger partial charge in [0.2, 0.25) is 0 Å². The number of nitro groups is 1. The van der Waals surface area contributed by atoms with Gasteiger partial charge in [0.1, 0.15) is 5.75 Å². The maximum absolute atomic E-state index is 11.1. The fourth-order valence-electron chi connectivity index (χ4n) is 15.5. The van der Waals surface area contributed by atoms with Crippen molar-refractivity contribution in [3.63, 3.8) is 0 Å². The zero-order valence-corrected chi connectivity index (χ0v) is 87.2. The van der Waals surface area contributed by atoms with E-state index in [0.29, 0.717) is 28.8 Å². The summed E-state index contributed by atoms with van der Waals surface area (Å²) in [6.45, 7) is 47.8. The van der Waals surface area contributed by atoms with Crippen LogP contribution >= 0.6 is 58.0 Å². The molecule has 0 bridgehead atoms. The molecule has 0 radical (unpaired) electrons. The molecule has 20 nitrogen and oxygen atoms in total. The summed E-state index contributed by atoms with van der Waals surface area (Å²) in [6, 6.07) is 61.1. The average molecular weight is 1920 g/mol. The number of anilines is 2. The molecule has 20 aromatic rings. The van der Waals surface area contributed by atoms with Crippen LogP contribution in [0, 0.1) is 135 Å². The number of nitro benzene ring substituents is 1. The largest absolute Gasteiger partial charge is 0.506 e. The molecule has 0 saturated carbocycles. The highest BCUT2D eigenvalue weighted by Crippen LogP contribution is 2.44. The Morgan fingerprint density at radius 3 is 1.20 bits per heavy atom. The molecule has 0 spiro atoms. The molecule has 12 heterocycles. The monoisotopic (exact) mass is 1920 g/mol. The number of non-ortho nitro benzene ring substituents is 1. The Kier molecular flexibility index (Phi) is 36.6. The van der Waals surface area contributed by atoms with E-state index in [4.69, 9.17) is 16.6 Å². The Labute approximate surface area is 824 Å². The first kappa shape index (κ1) is 105. The lowest BCUT2D eigenvalue weighted by Gasteiger charge is -2.13. The number of carbonyl (C=O) groups is 1. The molecule has 0 aliphatic rings. The van der Waals surface area contributed by atoms with Gasteiger partial charge in [0.05, 0.1) is 80.1 Å². The van der Waals surface area contributed by atoms with Crippen LogP contribution in [0.5, 0.6) is 5.75 Å². The Balaban J connectivity index is 0.000000149. The number of fused-ring (bicyclic) bond motifs is 16. The number of rotatable bonds is 11. The van der Waals surface area contributed by atoms with E-state index in [0.717, 1.165) is 129 Å². The van der Waals surface area contributed by atoms with Crippen LogP contribution in [0.2, 0.25) is 0 Å². The number of thiol groups is 1. The third kappa shape index (κ3) is 26.2. The quantitative estimate of drug-likeness (QED) is 0.0330. The van der Waals surface area contributed by atoms with E-state index in [1.165, 1.54) is 140 Å². The van der Waals surface area contributed by atoms with Gasteiger partial charge in [0.25, 0.3) is 5.69 Å². The summed E-state index contributed by atoms with van der Waals surface area (Å²) in [5.74, 6) is 0.444. The van der Waals surface area contributed by atoms with Crippen LogP contribution in [0.1, 0.15) is 136 Å². The SMILES string of the molecule is CCS.CNC(C)CN.CNC(C)CNc1c(C)sc2cnc3cc(C)ccc3c12.Cc1ccc2c(C(=O)O)c(C)ccc2n1.Cc1ccc2c(C)c(C)ccc2n1.Cc1ccc2c(C)c(C)ccc2n1.Cc1ccc2c(c1)ncc1sc(C)c(C)c12.Cc1ccc2c(c1)ncc1sc(C)c(NCC(C)N)c12.Cc1ccc2c(ccc3sc(C)c(O)c32)n1.Cc1ccc2cc([N+](=O)[O-])ccc2n1. The van der Waals surface area contributed by atoms with E-state index in [9.17, 15) is 20.0 Å². The van der Waals surface area contributed by atoms with E-state index in [1.54, 1.807) is 41.7 Å². The van der Waals surface area contributed by atoms with Gasteiger partial charge in [0, 0.05) is 186 Å². The summed E-state index contributed by atoms with van der Waals surface area (Å²) in [4.78, 5) is 61.8. The van der Waals surface area contributed by atoms with Gasteiger partial charge in [-0.1, -0.05) is 91.9 Å². The molecular weight excluding hydrogens is 1800 g/mol.